The van der Waals surface area contributed by atoms with Crippen molar-refractivity contribution in [3.63, 3.8) is 0 Å². The molecule has 0 unspecified atom stereocenters. The molecule has 0 aromatic carbocycles. The molecule has 0 aliphatic carbocycles. The Balaban J connectivity index is 2.19. The molecule has 3 rings (SSSR count). The summed E-state index contributed by atoms with van der Waals surface area (Å²) < 4.78 is 0. The van der Waals surface area contributed by atoms with Crippen molar-refractivity contribution in [2.75, 3.05) is 5.73 Å². The Kier molecular flexibility index (Phi) is 2.49. The van der Waals surface area contributed by atoms with E-state index in [2.05, 4.69) is 20.2 Å². The Bertz CT molecular complexity index is 646. The average Bonchev–Trinajstić information content (AvgIpc) is 2.83. The Morgan fingerprint density at radius 2 is 1.56 bits per heavy atom. The maximum atomic E-state index is 5.90. The molecule has 0 fully saturated rings. The maximum absolute atomic E-state index is 5.90. The second-order valence-corrected chi connectivity index (χ2v) is 3.79. The van der Waals surface area contributed by atoms with Crippen molar-refractivity contribution < 1.29 is 0 Å². The van der Waals surface area contributed by atoms with Gasteiger partial charge in [0.2, 0.25) is 0 Å². The fraction of sp³-hybridized carbons (Fsp3) is 0. The molecule has 0 radical (unpaired) electrons. The van der Waals surface area contributed by atoms with E-state index in [-0.39, 0.29) is 0 Å². The van der Waals surface area contributed by atoms with E-state index in [4.69, 9.17) is 5.73 Å². The van der Waals surface area contributed by atoms with Gasteiger partial charge in [0, 0.05) is 12.4 Å². The van der Waals surface area contributed by atoms with E-state index in [1.807, 2.05) is 36.4 Å². The second-order valence-electron chi connectivity index (χ2n) is 3.79. The predicted octanol–water partition coefficient (Wildman–Crippen LogP) is 2.12. The molecule has 3 aromatic rings. The molecule has 3 heterocycles. The summed E-state index contributed by atoms with van der Waals surface area (Å²) in [6.07, 6.45) is 3.46. The van der Waals surface area contributed by atoms with Gasteiger partial charge in [-0.2, -0.15) is 5.10 Å². The van der Waals surface area contributed by atoms with Crippen molar-refractivity contribution in [1.82, 2.24) is 20.2 Å². The molecular formula is C13H11N5. The number of anilines is 1. The highest BCUT2D eigenvalue weighted by Gasteiger charge is 2.15. The number of hydrogen-bond donors (Lipinski definition) is 2. The lowest BCUT2D eigenvalue weighted by Gasteiger charge is -2.02. The summed E-state index contributed by atoms with van der Waals surface area (Å²) in [5, 5.41) is 6.95. The van der Waals surface area contributed by atoms with Gasteiger partial charge in [0.25, 0.3) is 0 Å². The van der Waals surface area contributed by atoms with Gasteiger partial charge < -0.3 is 5.73 Å². The number of aromatic amines is 1. The molecule has 18 heavy (non-hydrogen) atoms. The van der Waals surface area contributed by atoms with Crippen LogP contribution in [0.4, 0.5) is 5.82 Å². The van der Waals surface area contributed by atoms with Gasteiger partial charge in [-0.25, -0.2) is 0 Å². The van der Waals surface area contributed by atoms with Crippen molar-refractivity contribution in [3.05, 3.63) is 48.8 Å². The van der Waals surface area contributed by atoms with Gasteiger partial charge in [-0.15, -0.1) is 0 Å². The summed E-state index contributed by atoms with van der Waals surface area (Å²) in [7, 11) is 0. The number of H-pyrrole nitrogens is 1. The molecule has 0 atom stereocenters. The van der Waals surface area contributed by atoms with Crippen molar-refractivity contribution in [1.29, 1.82) is 0 Å². The quantitative estimate of drug-likeness (QED) is 0.715. The number of nitrogen functional groups attached to an aromatic ring is 1. The molecule has 5 heteroatoms. The number of nitrogens with one attached hydrogen (secondary N) is 1. The number of pyridine rings is 2. The van der Waals surface area contributed by atoms with Crippen LogP contribution in [0, 0.1) is 0 Å². The topological polar surface area (TPSA) is 80.5 Å². The van der Waals surface area contributed by atoms with Crippen LogP contribution >= 0.6 is 0 Å². The monoisotopic (exact) mass is 237 g/mol. The van der Waals surface area contributed by atoms with Crippen LogP contribution in [0.2, 0.25) is 0 Å². The van der Waals surface area contributed by atoms with Gasteiger partial charge in [0.05, 0.1) is 22.6 Å². The Morgan fingerprint density at radius 3 is 2.17 bits per heavy atom. The second kappa shape index (κ2) is 4.29. The zero-order valence-corrected chi connectivity index (χ0v) is 9.54. The molecule has 0 bridgehead atoms. The van der Waals surface area contributed by atoms with E-state index in [0.717, 1.165) is 22.6 Å². The molecule has 3 N–H and O–H groups in total. The lowest BCUT2D eigenvalue weighted by Crippen LogP contribution is -1.91. The number of nitrogens with zero attached hydrogens (tertiary/aromatic N) is 3. The van der Waals surface area contributed by atoms with E-state index in [1.165, 1.54) is 0 Å². The van der Waals surface area contributed by atoms with Gasteiger partial charge >= 0.3 is 0 Å². The third kappa shape index (κ3) is 1.71. The van der Waals surface area contributed by atoms with E-state index >= 15 is 0 Å². The molecule has 5 nitrogen and oxygen atoms in total. The molecule has 0 amide bonds. The molecule has 0 aliphatic heterocycles. The highest BCUT2D eigenvalue weighted by atomic mass is 15.2. The summed E-state index contributed by atoms with van der Waals surface area (Å²) in [5.41, 5.74) is 9.05. The van der Waals surface area contributed by atoms with Crippen LogP contribution in [-0.4, -0.2) is 20.2 Å². The highest BCUT2D eigenvalue weighted by Crippen LogP contribution is 2.31. The molecule has 0 saturated heterocycles. The summed E-state index contributed by atoms with van der Waals surface area (Å²) in [5.74, 6) is 0.425. The van der Waals surface area contributed by atoms with Crippen LogP contribution in [0.3, 0.4) is 0 Å². The van der Waals surface area contributed by atoms with Crippen molar-refractivity contribution in [3.8, 4) is 22.6 Å². The van der Waals surface area contributed by atoms with Crippen LogP contribution < -0.4 is 5.73 Å². The SMILES string of the molecule is Nc1n[nH]c(-c2ccccn2)c1-c1ccccn1. The van der Waals surface area contributed by atoms with Crippen LogP contribution in [0.15, 0.2) is 48.8 Å². The zero-order valence-electron chi connectivity index (χ0n) is 9.54. The normalized spacial score (nSPS) is 10.4. The van der Waals surface area contributed by atoms with Gasteiger partial charge in [-0.05, 0) is 24.3 Å². The standard InChI is InChI=1S/C13H11N5/c14-13-11(9-5-1-3-7-15-9)12(17-18-13)10-6-2-4-8-16-10/h1-8H,(H3,14,17,18). The summed E-state index contributed by atoms with van der Waals surface area (Å²) in [4.78, 5) is 8.59. The Hall–Kier alpha value is -2.69. The molecule has 3 aromatic heterocycles. The van der Waals surface area contributed by atoms with E-state index in [0.29, 0.717) is 5.82 Å². The number of nitrogens with two attached hydrogens (primary N) is 1. The van der Waals surface area contributed by atoms with E-state index in [1.54, 1.807) is 12.4 Å². The molecule has 0 saturated carbocycles. The summed E-state index contributed by atoms with van der Waals surface area (Å²) in [6, 6.07) is 11.4. The highest BCUT2D eigenvalue weighted by molar-refractivity contribution is 5.84. The first-order valence-electron chi connectivity index (χ1n) is 5.53. The van der Waals surface area contributed by atoms with Gasteiger partial charge in [-0.1, -0.05) is 12.1 Å². The van der Waals surface area contributed by atoms with E-state index < -0.39 is 0 Å². The smallest absolute Gasteiger partial charge is 0.155 e. The fourth-order valence-corrected chi connectivity index (χ4v) is 1.82. The minimum atomic E-state index is 0.425. The maximum Gasteiger partial charge on any atom is 0.155 e. The van der Waals surface area contributed by atoms with Crippen LogP contribution in [-0.2, 0) is 0 Å². The fourth-order valence-electron chi connectivity index (χ4n) is 1.82. The third-order valence-electron chi connectivity index (χ3n) is 2.64. The van der Waals surface area contributed by atoms with Gasteiger partial charge in [0.1, 0.15) is 0 Å². The largest absolute Gasteiger partial charge is 0.382 e. The molecular weight excluding hydrogens is 226 g/mol. The summed E-state index contributed by atoms with van der Waals surface area (Å²) >= 11 is 0. The number of rotatable bonds is 2. The number of hydrogen-bond acceptors (Lipinski definition) is 4. The molecule has 0 spiro atoms. The first kappa shape index (κ1) is 10.5. The van der Waals surface area contributed by atoms with Gasteiger partial charge in [0.15, 0.2) is 5.82 Å². The average molecular weight is 237 g/mol. The van der Waals surface area contributed by atoms with E-state index in [9.17, 15) is 0 Å². The summed E-state index contributed by atoms with van der Waals surface area (Å²) in [6.45, 7) is 0. The van der Waals surface area contributed by atoms with Crippen LogP contribution in [0.25, 0.3) is 22.6 Å². The first-order valence-corrected chi connectivity index (χ1v) is 5.53. The minimum Gasteiger partial charge on any atom is -0.382 e. The number of aromatic nitrogens is 4. The Labute approximate surface area is 104 Å². The van der Waals surface area contributed by atoms with Crippen molar-refractivity contribution >= 4 is 5.82 Å². The molecule has 0 aliphatic rings. The van der Waals surface area contributed by atoms with Crippen molar-refractivity contribution in [2.24, 2.45) is 0 Å². The van der Waals surface area contributed by atoms with Crippen molar-refractivity contribution in [2.45, 2.75) is 0 Å². The molecule has 88 valence electrons. The third-order valence-corrected chi connectivity index (χ3v) is 2.64. The first-order chi connectivity index (χ1) is 8.86. The predicted molar refractivity (Wildman–Crippen MR) is 69.5 cm³/mol. The Morgan fingerprint density at radius 1 is 0.889 bits per heavy atom. The van der Waals surface area contributed by atoms with Gasteiger partial charge in [-0.3, -0.25) is 15.1 Å². The zero-order chi connectivity index (χ0) is 12.4. The lowest BCUT2D eigenvalue weighted by molar-refractivity contribution is 1.09. The lowest BCUT2D eigenvalue weighted by atomic mass is 10.1. The van der Waals surface area contributed by atoms with Crippen LogP contribution in [0.1, 0.15) is 0 Å². The van der Waals surface area contributed by atoms with Crippen LogP contribution in [0.5, 0.6) is 0 Å². The minimum absolute atomic E-state index is 0.425.